The van der Waals surface area contributed by atoms with Gasteiger partial charge in [-0.3, -0.25) is 0 Å². The zero-order chi connectivity index (χ0) is 14.0. The highest BCUT2D eigenvalue weighted by atomic mass is 127. The average molecular weight is 386 g/mol. The van der Waals surface area contributed by atoms with E-state index in [0.717, 1.165) is 17.1 Å². The van der Waals surface area contributed by atoms with Crippen LogP contribution in [0.25, 0.3) is 0 Å². The predicted molar refractivity (Wildman–Crippen MR) is 92.2 cm³/mol. The van der Waals surface area contributed by atoms with E-state index < -0.39 is 0 Å². The topological polar surface area (TPSA) is 3.24 Å². The van der Waals surface area contributed by atoms with E-state index in [1.807, 2.05) is 13.0 Å². The molecule has 0 atom stereocenters. The van der Waals surface area contributed by atoms with E-state index in [-0.39, 0.29) is 0 Å². The van der Waals surface area contributed by atoms with E-state index in [0.29, 0.717) is 0 Å². The molecule has 2 aromatic rings. The molecular formula is C16H17ClIN. The summed E-state index contributed by atoms with van der Waals surface area (Å²) in [4.78, 5) is 2.24. The van der Waals surface area contributed by atoms with Crippen molar-refractivity contribution in [1.82, 2.24) is 0 Å². The second-order valence-electron chi connectivity index (χ2n) is 4.87. The molecule has 2 aromatic carbocycles. The highest BCUT2D eigenvalue weighted by molar-refractivity contribution is 14.1. The van der Waals surface area contributed by atoms with E-state index in [1.165, 1.54) is 20.4 Å². The molecule has 0 bridgehead atoms. The first-order valence-corrected chi connectivity index (χ1v) is 7.65. The van der Waals surface area contributed by atoms with E-state index >= 15 is 0 Å². The second kappa shape index (κ2) is 6.14. The SMILES string of the molecule is Cc1cc(N(C)Cc2ccc(C)c(I)c2)ccc1Cl. The predicted octanol–water partition coefficient (Wildman–Crippen LogP) is 5.20. The lowest BCUT2D eigenvalue weighted by Crippen LogP contribution is -2.16. The van der Waals surface area contributed by atoms with Crippen LogP contribution in [-0.2, 0) is 6.54 Å². The lowest BCUT2D eigenvalue weighted by molar-refractivity contribution is 0.920. The van der Waals surface area contributed by atoms with Crippen molar-refractivity contribution in [2.75, 3.05) is 11.9 Å². The second-order valence-corrected chi connectivity index (χ2v) is 6.44. The van der Waals surface area contributed by atoms with Crippen LogP contribution >= 0.6 is 34.2 Å². The van der Waals surface area contributed by atoms with Gasteiger partial charge in [-0.2, -0.15) is 0 Å². The average Bonchev–Trinajstić information content (AvgIpc) is 2.37. The Morgan fingerprint density at radius 3 is 2.42 bits per heavy atom. The van der Waals surface area contributed by atoms with Crippen molar-refractivity contribution < 1.29 is 0 Å². The summed E-state index contributed by atoms with van der Waals surface area (Å²) >= 11 is 8.45. The molecule has 0 spiro atoms. The molecule has 0 N–H and O–H groups in total. The molecule has 2 rings (SSSR count). The van der Waals surface area contributed by atoms with E-state index in [4.69, 9.17) is 11.6 Å². The monoisotopic (exact) mass is 385 g/mol. The van der Waals surface area contributed by atoms with Gasteiger partial charge in [-0.15, -0.1) is 0 Å². The number of nitrogens with zero attached hydrogens (tertiary/aromatic N) is 1. The van der Waals surface area contributed by atoms with Gasteiger partial charge >= 0.3 is 0 Å². The summed E-state index contributed by atoms with van der Waals surface area (Å²) in [5, 5.41) is 0.821. The van der Waals surface area contributed by atoms with Gasteiger partial charge in [0.2, 0.25) is 0 Å². The maximum atomic E-state index is 6.06. The molecule has 0 heterocycles. The smallest absolute Gasteiger partial charge is 0.0436 e. The molecule has 0 aromatic heterocycles. The summed E-state index contributed by atoms with van der Waals surface area (Å²) in [6, 6.07) is 12.8. The summed E-state index contributed by atoms with van der Waals surface area (Å²) in [5.41, 5.74) is 4.96. The van der Waals surface area contributed by atoms with Gasteiger partial charge in [-0.25, -0.2) is 0 Å². The number of anilines is 1. The molecule has 3 heteroatoms. The lowest BCUT2D eigenvalue weighted by Gasteiger charge is -2.20. The summed E-state index contributed by atoms with van der Waals surface area (Å²) in [6.07, 6.45) is 0. The first kappa shape index (κ1) is 14.7. The van der Waals surface area contributed by atoms with Gasteiger partial charge in [0.1, 0.15) is 0 Å². The maximum absolute atomic E-state index is 6.06. The summed E-state index contributed by atoms with van der Waals surface area (Å²) in [7, 11) is 2.11. The first-order chi connectivity index (χ1) is 8.97. The molecule has 0 aliphatic rings. The highest BCUT2D eigenvalue weighted by Crippen LogP contribution is 2.23. The number of hydrogen-bond donors (Lipinski definition) is 0. The summed E-state index contributed by atoms with van der Waals surface area (Å²) in [6.45, 7) is 5.07. The zero-order valence-corrected chi connectivity index (χ0v) is 14.3. The Bertz CT molecular complexity index is 595. The fourth-order valence-corrected chi connectivity index (χ4v) is 2.66. The van der Waals surface area contributed by atoms with Gasteiger partial charge in [0.15, 0.2) is 0 Å². The van der Waals surface area contributed by atoms with Crippen LogP contribution in [0, 0.1) is 17.4 Å². The van der Waals surface area contributed by atoms with Crippen LogP contribution in [0.15, 0.2) is 36.4 Å². The van der Waals surface area contributed by atoms with Crippen LogP contribution in [0.1, 0.15) is 16.7 Å². The summed E-state index contributed by atoms with van der Waals surface area (Å²) in [5.74, 6) is 0. The molecule has 19 heavy (non-hydrogen) atoms. The Morgan fingerprint density at radius 2 is 1.79 bits per heavy atom. The van der Waals surface area contributed by atoms with Gasteiger partial charge in [-0.05, 0) is 77.4 Å². The number of hydrogen-bond acceptors (Lipinski definition) is 1. The Hall–Kier alpha value is -0.740. The van der Waals surface area contributed by atoms with E-state index in [9.17, 15) is 0 Å². The van der Waals surface area contributed by atoms with Crippen LogP contribution in [0.5, 0.6) is 0 Å². The van der Waals surface area contributed by atoms with Gasteiger partial charge in [-0.1, -0.05) is 23.7 Å². The molecular weight excluding hydrogens is 369 g/mol. The maximum Gasteiger partial charge on any atom is 0.0436 e. The highest BCUT2D eigenvalue weighted by Gasteiger charge is 2.05. The standard InChI is InChI=1S/C16H17ClIN/c1-11-4-5-13(9-16(11)18)10-19(3)14-6-7-15(17)12(2)8-14/h4-9H,10H2,1-3H3. The molecule has 0 amide bonds. The summed E-state index contributed by atoms with van der Waals surface area (Å²) < 4.78 is 1.32. The Labute approximate surface area is 133 Å². The fourth-order valence-electron chi connectivity index (χ4n) is 1.97. The van der Waals surface area contributed by atoms with Crippen molar-refractivity contribution in [1.29, 1.82) is 0 Å². The van der Waals surface area contributed by atoms with Crippen LogP contribution < -0.4 is 4.90 Å². The van der Waals surface area contributed by atoms with Crippen LogP contribution in [0.4, 0.5) is 5.69 Å². The van der Waals surface area contributed by atoms with Crippen molar-refractivity contribution >= 4 is 39.9 Å². The third kappa shape index (κ3) is 3.63. The van der Waals surface area contributed by atoms with Gasteiger partial charge in [0, 0.05) is 27.9 Å². The Kier molecular flexibility index (Phi) is 4.74. The number of aryl methyl sites for hydroxylation is 2. The van der Waals surface area contributed by atoms with Crippen molar-refractivity contribution in [2.45, 2.75) is 20.4 Å². The molecule has 0 saturated heterocycles. The van der Waals surface area contributed by atoms with Crippen molar-refractivity contribution in [3.05, 3.63) is 61.7 Å². The Morgan fingerprint density at radius 1 is 1.05 bits per heavy atom. The molecule has 1 nitrogen and oxygen atoms in total. The molecule has 0 saturated carbocycles. The molecule has 0 aliphatic heterocycles. The van der Waals surface area contributed by atoms with Crippen LogP contribution in [0.3, 0.4) is 0 Å². The van der Waals surface area contributed by atoms with Gasteiger partial charge < -0.3 is 4.90 Å². The van der Waals surface area contributed by atoms with Gasteiger partial charge in [0.05, 0.1) is 0 Å². The molecule has 0 fully saturated rings. The number of halogens is 2. The Balaban J connectivity index is 2.17. The number of benzene rings is 2. The third-order valence-electron chi connectivity index (χ3n) is 3.24. The minimum Gasteiger partial charge on any atom is -0.370 e. The molecule has 0 aliphatic carbocycles. The van der Waals surface area contributed by atoms with Crippen molar-refractivity contribution in [2.24, 2.45) is 0 Å². The normalized spacial score (nSPS) is 10.6. The van der Waals surface area contributed by atoms with Gasteiger partial charge in [0.25, 0.3) is 0 Å². The molecule has 0 unspecified atom stereocenters. The quantitative estimate of drug-likeness (QED) is 0.657. The lowest BCUT2D eigenvalue weighted by atomic mass is 10.1. The van der Waals surface area contributed by atoms with Crippen LogP contribution in [-0.4, -0.2) is 7.05 Å². The minimum absolute atomic E-state index is 0.821. The van der Waals surface area contributed by atoms with E-state index in [1.54, 1.807) is 0 Å². The van der Waals surface area contributed by atoms with Crippen molar-refractivity contribution in [3.8, 4) is 0 Å². The minimum atomic E-state index is 0.821. The first-order valence-electron chi connectivity index (χ1n) is 6.19. The van der Waals surface area contributed by atoms with Crippen molar-refractivity contribution in [3.63, 3.8) is 0 Å². The fraction of sp³-hybridized carbons (Fsp3) is 0.250. The molecule has 100 valence electrons. The van der Waals surface area contributed by atoms with E-state index in [2.05, 4.69) is 71.8 Å². The number of rotatable bonds is 3. The zero-order valence-electron chi connectivity index (χ0n) is 11.4. The molecule has 0 radical (unpaired) electrons. The largest absolute Gasteiger partial charge is 0.370 e. The van der Waals surface area contributed by atoms with Crippen LogP contribution in [0.2, 0.25) is 5.02 Å². The third-order valence-corrected chi connectivity index (χ3v) is 4.82.